The SMILES string of the molecule is COC(=O)N1CCCN(C(=O)c2ccc(-c3ccc4c(c3)OCCO4)s2)CC1. The fourth-order valence-electron chi connectivity index (χ4n) is 3.39. The third kappa shape index (κ3) is 3.77. The van der Waals surface area contributed by atoms with Crippen LogP contribution in [0.5, 0.6) is 11.5 Å². The molecule has 0 saturated carbocycles. The standard InChI is InChI=1S/C20H22N2O5S/c1-25-20(24)22-8-2-7-21(9-10-22)19(23)18-6-5-17(28-18)14-3-4-15-16(13-14)27-12-11-26-15/h3-6,13H,2,7-12H2,1H3. The van der Waals surface area contributed by atoms with Gasteiger partial charge in [0.2, 0.25) is 0 Å². The van der Waals surface area contributed by atoms with Crippen molar-refractivity contribution in [1.29, 1.82) is 0 Å². The third-order valence-electron chi connectivity index (χ3n) is 4.86. The van der Waals surface area contributed by atoms with Crippen LogP contribution >= 0.6 is 11.3 Å². The first-order valence-corrected chi connectivity index (χ1v) is 10.1. The average molecular weight is 402 g/mol. The van der Waals surface area contributed by atoms with E-state index in [1.807, 2.05) is 35.2 Å². The van der Waals surface area contributed by atoms with Gasteiger partial charge in [0, 0.05) is 31.1 Å². The fourth-order valence-corrected chi connectivity index (χ4v) is 4.36. The van der Waals surface area contributed by atoms with E-state index in [1.54, 1.807) is 4.90 Å². The number of rotatable bonds is 2. The fraction of sp³-hybridized carbons (Fsp3) is 0.400. The maximum absolute atomic E-state index is 12.9. The number of carbonyl (C=O) groups excluding carboxylic acids is 2. The van der Waals surface area contributed by atoms with Crippen molar-refractivity contribution in [1.82, 2.24) is 9.80 Å². The Bertz CT molecular complexity index is 881. The Kier molecular flexibility index (Phi) is 5.38. The molecule has 4 rings (SSSR count). The minimum absolute atomic E-state index is 0.000471. The molecule has 2 aliphatic heterocycles. The number of hydrogen-bond donors (Lipinski definition) is 0. The van der Waals surface area contributed by atoms with Gasteiger partial charge in [-0.15, -0.1) is 11.3 Å². The number of amides is 2. The summed E-state index contributed by atoms with van der Waals surface area (Å²) in [6.45, 7) is 3.33. The van der Waals surface area contributed by atoms with E-state index in [4.69, 9.17) is 14.2 Å². The number of carbonyl (C=O) groups is 2. The van der Waals surface area contributed by atoms with Crippen LogP contribution in [0.15, 0.2) is 30.3 Å². The zero-order valence-corrected chi connectivity index (χ0v) is 16.5. The van der Waals surface area contributed by atoms with Crippen molar-refractivity contribution < 1.29 is 23.8 Å². The van der Waals surface area contributed by atoms with Crippen LogP contribution in [0.3, 0.4) is 0 Å². The molecule has 7 nitrogen and oxygen atoms in total. The lowest BCUT2D eigenvalue weighted by Gasteiger charge is -2.20. The third-order valence-corrected chi connectivity index (χ3v) is 5.98. The van der Waals surface area contributed by atoms with Gasteiger partial charge < -0.3 is 24.0 Å². The highest BCUT2D eigenvalue weighted by Gasteiger charge is 2.24. The Hall–Kier alpha value is -2.74. The molecular weight excluding hydrogens is 380 g/mol. The largest absolute Gasteiger partial charge is 0.486 e. The number of hydrogen-bond acceptors (Lipinski definition) is 6. The zero-order chi connectivity index (χ0) is 19.5. The van der Waals surface area contributed by atoms with Crippen molar-refractivity contribution in [2.45, 2.75) is 6.42 Å². The van der Waals surface area contributed by atoms with Gasteiger partial charge in [-0.05, 0) is 42.3 Å². The molecule has 0 aliphatic carbocycles. The minimum atomic E-state index is -0.341. The molecule has 148 valence electrons. The maximum atomic E-state index is 12.9. The van der Waals surface area contributed by atoms with Crippen LogP contribution in [0.25, 0.3) is 10.4 Å². The first-order chi connectivity index (χ1) is 13.7. The second kappa shape index (κ2) is 8.10. The van der Waals surface area contributed by atoms with Crippen molar-refractivity contribution in [2.24, 2.45) is 0 Å². The van der Waals surface area contributed by atoms with Crippen molar-refractivity contribution in [2.75, 3.05) is 46.5 Å². The van der Waals surface area contributed by atoms with Crippen LogP contribution in [0, 0.1) is 0 Å². The Morgan fingerprint density at radius 2 is 1.71 bits per heavy atom. The van der Waals surface area contributed by atoms with Gasteiger partial charge in [0.15, 0.2) is 11.5 Å². The molecule has 1 fully saturated rings. The molecule has 0 spiro atoms. The Balaban J connectivity index is 1.46. The Morgan fingerprint density at radius 3 is 2.54 bits per heavy atom. The minimum Gasteiger partial charge on any atom is -0.486 e. The summed E-state index contributed by atoms with van der Waals surface area (Å²) in [7, 11) is 1.38. The predicted molar refractivity (Wildman–Crippen MR) is 105 cm³/mol. The second-order valence-corrected chi connectivity index (χ2v) is 7.71. The number of fused-ring (bicyclic) bond motifs is 1. The zero-order valence-electron chi connectivity index (χ0n) is 15.7. The molecule has 3 heterocycles. The summed E-state index contributed by atoms with van der Waals surface area (Å²) in [5.74, 6) is 1.49. The van der Waals surface area contributed by atoms with E-state index in [-0.39, 0.29) is 12.0 Å². The summed E-state index contributed by atoms with van der Waals surface area (Å²) in [4.78, 5) is 29.8. The van der Waals surface area contributed by atoms with Gasteiger partial charge in [-0.3, -0.25) is 4.79 Å². The van der Waals surface area contributed by atoms with Crippen molar-refractivity contribution >= 4 is 23.3 Å². The quantitative estimate of drug-likeness (QED) is 0.772. The van der Waals surface area contributed by atoms with E-state index < -0.39 is 0 Å². The molecule has 0 unspecified atom stereocenters. The van der Waals surface area contributed by atoms with Gasteiger partial charge in [0.1, 0.15) is 13.2 Å². The van der Waals surface area contributed by atoms with Crippen LogP contribution in [-0.4, -0.2) is 68.3 Å². The molecule has 8 heteroatoms. The summed E-state index contributed by atoms with van der Waals surface area (Å²) < 4.78 is 16.0. The van der Waals surface area contributed by atoms with E-state index in [0.717, 1.165) is 28.4 Å². The van der Waals surface area contributed by atoms with Crippen LogP contribution in [0.4, 0.5) is 4.79 Å². The van der Waals surface area contributed by atoms with Crippen molar-refractivity contribution in [3.8, 4) is 21.9 Å². The second-order valence-electron chi connectivity index (χ2n) is 6.63. The molecule has 2 aliphatic rings. The van der Waals surface area contributed by atoms with Gasteiger partial charge in [-0.25, -0.2) is 4.79 Å². The average Bonchev–Trinajstić information content (AvgIpc) is 3.10. The van der Waals surface area contributed by atoms with Gasteiger partial charge in [0.05, 0.1) is 12.0 Å². The van der Waals surface area contributed by atoms with Crippen LogP contribution in [0.1, 0.15) is 16.1 Å². The Morgan fingerprint density at radius 1 is 0.964 bits per heavy atom. The lowest BCUT2D eigenvalue weighted by Crippen LogP contribution is -2.37. The van der Waals surface area contributed by atoms with Gasteiger partial charge in [-0.1, -0.05) is 0 Å². The highest BCUT2D eigenvalue weighted by molar-refractivity contribution is 7.17. The molecule has 1 aromatic carbocycles. The van der Waals surface area contributed by atoms with E-state index >= 15 is 0 Å². The lowest BCUT2D eigenvalue weighted by molar-refractivity contribution is 0.0762. The van der Waals surface area contributed by atoms with E-state index in [1.165, 1.54) is 18.4 Å². The maximum Gasteiger partial charge on any atom is 0.409 e. The molecule has 0 N–H and O–H groups in total. The smallest absolute Gasteiger partial charge is 0.409 e. The van der Waals surface area contributed by atoms with Crippen molar-refractivity contribution in [3.63, 3.8) is 0 Å². The van der Waals surface area contributed by atoms with Gasteiger partial charge in [0.25, 0.3) is 5.91 Å². The highest BCUT2D eigenvalue weighted by Crippen LogP contribution is 2.37. The first kappa shape index (κ1) is 18.6. The van der Waals surface area contributed by atoms with Gasteiger partial charge >= 0.3 is 6.09 Å². The Labute approximate surface area is 167 Å². The summed E-state index contributed by atoms with van der Waals surface area (Å²) in [6, 6.07) is 9.66. The number of benzene rings is 1. The summed E-state index contributed by atoms with van der Waals surface area (Å²) in [6.07, 6.45) is 0.396. The number of ether oxygens (including phenoxy) is 3. The topological polar surface area (TPSA) is 68.3 Å². The molecule has 2 amide bonds. The summed E-state index contributed by atoms with van der Waals surface area (Å²) in [5.41, 5.74) is 1.00. The van der Waals surface area contributed by atoms with E-state index in [9.17, 15) is 9.59 Å². The first-order valence-electron chi connectivity index (χ1n) is 9.28. The normalized spacial score (nSPS) is 16.5. The molecule has 2 aromatic rings. The van der Waals surface area contributed by atoms with Crippen LogP contribution in [-0.2, 0) is 4.74 Å². The van der Waals surface area contributed by atoms with E-state index in [2.05, 4.69) is 0 Å². The van der Waals surface area contributed by atoms with Crippen LogP contribution in [0.2, 0.25) is 0 Å². The number of nitrogens with zero attached hydrogens (tertiary/aromatic N) is 2. The summed E-state index contributed by atoms with van der Waals surface area (Å²) >= 11 is 1.46. The van der Waals surface area contributed by atoms with Crippen molar-refractivity contribution in [3.05, 3.63) is 35.2 Å². The summed E-state index contributed by atoms with van der Waals surface area (Å²) in [5, 5.41) is 0. The molecule has 0 atom stereocenters. The number of methoxy groups -OCH3 is 1. The highest BCUT2D eigenvalue weighted by atomic mass is 32.1. The molecule has 28 heavy (non-hydrogen) atoms. The lowest BCUT2D eigenvalue weighted by atomic mass is 10.1. The molecule has 1 saturated heterocycles. The predicted octanol–water partition coefficient (Wildman–Crippen LogP) is 3.10. The molecule has 1 aromatic heterocycles. The molecule has 0 radical (unpaired) electrons. The monoisotopic (exact) mass is 402 g/mol. The number of thiophene rings is 1. The van der Waals surface area contributed by atoms with Crippen LogP contribution < -0.4 is 9.47 Å². The van der Waals surface area contributed by atoms with Gasteiger partial charge in [-0.2, -0.15) is 0 Å². The molecular formula is C20H22N2O5S. The van der Waals surface area contributed by atoms with E-state index in [0.29, 0.717) is 44.3 Å². The molecule has 0 bridgehead atoms.